The smallest absolute Gasteiger partial charge is 0.0784 e. The summed E-state index contributed by atoms with van der Waals surface area (Å²) < 4.78 is 5.08. The van der Waals surface area contributed by atoms with Gasteiger partial charge in [-0.3, -0.25) is 9.97 Å². The number of rotatable bonds is 23. The summed E-state index contributed by atoms with van der Waals surface area (Å²) in [5, 5.41) is 12.8. The molecule has 6 aromatic rings. The highest BCUT2D eigenvalue weighted by atomic mass is 35.5. The molecule has 7 heteroatoms. The molecule has 0 aliphatic rings. The molecule has 0 aliphatic carbocycles. The van der Waals surface area contributed by atoms with E-state index in [4.69, 9.17) is 9.97 Å². The molecule has 6 rings (SSSR count). The number of halogens is 1. The number of hydrogen-bond acceptors (Lipinski definition) is 4. The maximum absolute atomic E-state index is 4.89. The molecule has 0 fully saturated rings. The van der Waals surface area contributed by atoms with Crippen molar-refractivity contribution in [3.63, 3.8) is 0 Å². The van der Waals surface area contributed by atoms with Crippen molar-refractivity contribution in [2.45, 2.75) is 130 Å². The van der Waals surface area contributed by atoms with Crippen molar-refractivity contribution < 1.29 is 0 Å². The molecule has 0 spiro atoms. The zero-order valence-corrected chi connectivity index (χ0v) is 32.1. The number of nitrogens with one attached hydrogen (secondary N) is 2. The van der Waals surface area contributed by atoms with Crippen LogP contribution < -0.4 is 10.6 Å². The van der Waals surface area contributed by atoms with Gasteiger partial charge in [0.05, 0.1) is 22.4 Å². The predicted octanol–water partition coefficient (Wildman–Crippen LogP) is 11.5. The van der Waals surface area contributed by atoms with Gasteiger partial charge in [-0.15, -0.1) is 12.4 Å². The van der Waals surface area contributed by atoms with Crippen molar-refractivity contribution in [3.8, 4) is 0 Å². The minimum Gasteiger partial charge on any atom is -0.339 e. The molecule has 274 valence electrons. The lowest BCUT2D eigenvalue weighted by atomic mass is 10.1. The van der Waals surface area contributed by atoms with Gasteiger partial charge in [-0.1, -0.05) is 114 Å². The van der Waals surface area contributed by atoms with Crippen LogP contribution in [0.25, 0.3) is 43.6 Å². The fourth-order valence-electron chi connectivity index (χ4n) is 7.88. The van der Waals surface area contributed by atoms with Crippen LogP contribution in [0.15, 0.2) is 73.1 Å². The Balaban J connectivity index is 0.00000504. The summed E-state index contributed by atoms with van der Waals surface area (Å²) in [5.74, 6) is 0. The van der Waals surface area contributed by atoms with Gasteiger partial charge in [-0.2, -0.15) is 0 Å². The normalized spacial score (nSPS) is 11.7. The van der Waals surface area contributed by atoms with E-state index >= 15 is 0 Å². The molecule has 0 bridgehead atoms. The Hall–Kier alpha value is -3.45. The van der Waals surface area contributed by atoms with Crippen LogP contribution in [0.2, 0.25) is 0 Å². The van der Waals surface area contributed by atoms with E-state index in [2.05, 4.69) is 94.3 Å². The molecule has 0 saturated carbocycles. The molecule has 0 amide bonds. The first kappa shape index (κ1) is 38.8. The van der Waals surface area contributed by atoms with Crippen LogP contribution in [0.3, 0.4) is 0 Å². The molecule has 6 nitrogen and oxygen atoms in total. The number of aromatic nitrogens is 4. The van der Waals surface area contributed by atoms with E-state index in [0.717, 1.165) is 52.1 Å². The largest absolute Gasteiger partial charge is 0.339 e. The predicted molar refractivity (Wildman–Crippen MR) is 221 cm³/mol. The maximum Gasteiger partial charge on any atom is 0.0784 e. The summed E-state index contributed by atoms with van der Waals surface area (Å²) in [7, 11) is 0. The highest BCUT2D eigenvalue weighted by Gasteiger charge is 2.16. The summed E-state index contributed by atoms with van der Waals surface area (Å²) in [6.45, 7) is 10.3. The number of unbranched alkanes of at least 4 members (excludes halogenated alkanes) is 11. The molecule has 51 heavy (non-hydrogen) atoms. The van der Waals surface area contributed by atoms with Gasteiger partial charge in [0.1, 0.15) is 0 Å². The van der Waals surface area contributed by atoms with Crippen molar-refractivity contribution in [1.29, 1.82) is 0 Å². The van der Waals surface area contributed by atoms with Crippen LogP contribution >= 0.6 is 12.4 Å². The van der Waals surface area contributed by atoms with Crippen LogP contribution in [0.5, 0.6) is 0 Å². The number of benzene rings is 2. The monoisotopic (exact) mass is 708 g/mol. The quantitative estimate of drug-likeness (QED) is 0.0651. The number of pyridine rings is 2. The van der Waals surface area contributed by atoms with E-state index in [-0.39, 0.29) is 12.4 Å². The number of hydrogen-bond donors (Lipinski definition) is 2. The maximum atomic E-state index is 4.89. The lowest BCUT2D eigenvalue weighted by molar-refractivity contribution is 0.564. The Morgan fingerprint density at radius 3 is 1.33 bits per heavy atom. The highest BCUT2D eigenvalue weighted by molar-refractivity contribution is 6.09. The van der Waals surface area contributed by atoms with Gasteiger partial charge in [-0.25, -0.2) is 0 Å². The van der Waals surface area contributed by atoms with Gasteiger partial charge in [0.2, 0.25) is 0 Å². The van der Waals surface area contributed by atoms with E-state index in [1.807, 2.05) is 12.4 Å². The molecular weight excluding hydrogens is 648 g/mol. The number of nitrogens with zero attached hydrogens (tertiary/aromatic N) is 4. The van der Waals surface area contributed by atoms with E-state index in [1.54, 1.807) is 0 Å². The summed E-state index contributed by atoms with van der Waals surface area (Å²) >= 11 is 0. The zero-order chi connectivity index (χ0) is 34.4. The van der Waals surface area contributed by atoms with Gasteiger partial charge < -0.3 is 19.8 Å². The van der Waals surface area contributed by atoms with Crippen molar-refractivity contribution in [2.75, 3.05) is 13.1 Å². The second-order valence-corrected chi connectivity index (χ2v) is 14.2. The molecule has 2 aromatic carbocycles. The fraction of sp³-hybridized carbons (Fsp3) is 0.500. The molecule has 2 N–H and O–H groups in total. The number of para-hydroxylation sites is 2. The van der Waals surface area contributed by atoms with Gasteiger partial charge in [0.15, 0.2) is 0 Å². The standard InChI is InChI=1S/C44H60N6.ClH/c1-3-5-7-9-11-19-31-49-41-23-15-13-21-35(41)37-25-29-47-39(43(37)49)33-45-27-17-18-28-46-34-40-44-38(26-30-48-40)36-22-14-16-24-42(36)50(44)32-20-12-10-8-6-4-2;/h13-16,21-26,29-30,45-46H,3-12,17-20,27-28,31-34H2,1-2H3;1H. The molecule has 0 aliphatic heterocycles. The topological polar surface area (TPSA) is 59.7 Å². The lowest BCUT2D eigenvalue weighted by Gasteiger charge is -2.12. The van der Waals surface area contributed by atoms with Gasteiger partial charge >= 0.3 is 0 Å². The van der Waals surface area contributed by atoms with E-state index in [9.17, 15) is 0 Å². The van der Waals surface area contributed by atoms with Crippen molar-refractivity contribution >= 4 is 56.0 Å². The third-order valence-electron chi connectivity index (χ3n) is 10.5. The van der Waals surface area contributed by atoms with E-state index < -0.39 is 0 Å². The van der Waals surface area contributed by atoms with Crippen molar-refractivity contribution in [2.24, 2.45) is 0 Å². The minimum atomic E-state index is 0. The lowest BCUT2D eigenvalue weighted by Crippen LogP contribution is -2.20. The minimum absolute atomic E-state index is 0. The molecule has 0 radical (unpaired) electrons. The average molecular weight is 709 g/mol. The van der Waals surface area contributed by atoms with Crippen molar-refractivity contribution in [1.82, 2.24) is 29.7 Å². The van der Waals surface area contributed by atoms with Gasteiger partial charge in [-0.05, 0) is 63.0 Å². The van der Waals surface area contributed by atoms with Crippen LogP contribution in [0.1, 0.15) is 115 Å². The molecule has 4 aromatic heterocycles. The Bertz CT molecular complexity index is 1780. The summed E-state index contributed by atoms with van der Waals surface area (Å²) in [6.07, 6.45) is 21.9. The Morgan fingerprint density at radius 1 is 0.471 bits per heavy atom. The molecular formula is C44H61ClN6. The molecule has 0 saturated heterocycles. The van der Waals surface area contributed by atoms with Crippen LogP contribution in [-0.2, 0) is 26.2 Å². The second kappa shape index (κ2) is 20.6. The second-order valence-electron chi connectivity index (χ2n) is 14.2. The summed E-state index contributed by atoms with van der Waals surface area (Å²) in [6, 6.07) is 22.2. The number of aryl methyl sites for hydroxylation is 2. The highest BCUT2D eigenvalue weighted by Crippen LogP contribution is 2.32. The van der Waals surface area contributed by atoms with Gasteiger partial charge in [0.25, 0.3) is 0 Å². The first-order chi connectivity index (χ1) is 24.8. The van der Waals surface area contributed by atoms with E-state index in [1.165, 1.54) is 132 Å². The average Bonchev–Trinajstić information content (AvgIpc) is 3.65. The van der Waals surface area contributed by atoms with Crippen LogP contribution in [0, 0.1) is 0 Å². The van der Waals surface area contributed by atoms with Crippen LogP contribution in [-0.4, -0.2) is 32.2 Å². The Kier molecular flexibility index (Phi) is 15.6. The first-order valence-corrected chi connectivity index (χ1v) is 19.9. The summed E-state index contributed by atoms with van der Waals surface area (Å²) in [5.41, 5.74) is 7.63. The summed E-state index contributed by atoms with van der Waals surface area (Å²) in [4.78, 5) is 9.78. The SMILES string of the molecule is CCCCCCCCn1c2ccccc2c2ccnc(CNCCCCNCc3nccc4c5ccccc5n(CCCCCCCC)c34)c21.Cl. The Morgan fingerprint density at radius 2 is 0.882 bits per heavy atom. The first-order valence-electron chi connectivity index (χ1n) is 19.9. The Labute approximate surface area is 312 Å². The fourth-order valence-corrected chi connectivity index (χ4v) is 7.88. The number of fused-ring (bicyclic) bond motifs is 6. The molecule has 4 heterocycles. The zero-order valence-electron chi connectivity index (χ0n) is 31.3. The van der Waals surface area contributed by atoms with E-state index in [0.29, 0.717) is 0 Å². The van der Waals surface area contributed by atoms with Crippen molar-refractivity contribution in [3.05, 3.63) is 84.4 Å². The van der Waals surface area contributed by atoms with Crippen LogP contribution in [0.4, 0.5) is 0 Å². The third-order valence-corrected chi connectivity index (χ3v) is 10.5. The molecule has 0 atom stereocenters. The molecule has 0 unspecified atom stereocenters. The third kappa shape index (κ3) is 9.71. The van der Waals surface area contributed by atoms with Gasteiger partial charge in [0, 0.05) is 71.2 Å².